The second-order valence-corrected chi connectivity index (χ2v) is 5.12. The van der Waals surface area contributed by atoms with Gasteiger partial charge in [0.05, 0.1) is 18.8 Å². The van der Waals surface area contributed by atoms with Gasteiger partial charge in [-0.05, 0) is 18.6 Å². The lowest BCUT2D eigenvalue weighted by Gasteiger charge is -2.34. The highest BCUT2D eigenvalue weighted by Gasteiger charge is 2.28. The molecule has 0 fully saturated rings. The van der Waals surface area contributed by atoms with E-state index in [4.69, 9.17) is 4.74 Å². The maximum absolute atomic E-state index is 12.5. The molecule has 0 saturated carbocycles. The number of methoxy groups -OCH3 is 1. The molecule has 0 bridgehead atoms. The fourth-order valence-electron chi connectivity index (χ4n) is 2.73. The third kappa shape index (κ3) is 2.80. The van der Waals surface area contributed by atoms with Gasteiger partial charge in [0.25, 0.3) is 5.91 Å². The minimum absolute atomic E-state index is 0.0713. The lowest BCUT2D eigenvalue weighted by molar-refractivity contribution is 0.0647. The predicted octanol–water partition coefficient (Wildman–Crippen LogP) is 1.51. The van der Waals surface area contributed by atoms with Crippen LogP contribution in [0.25, 0.3) is 0 Å². The lowest BCUT2D eigenvalue weighted by atomic mass is 10.1. The Morgan fingerprint density at radius 1 is 1.48 bits per heavy atom. The average Bonchev–Trinajstić information content (AvgIpc) is 3.01. The first kappa shape index (κ1) is 13.8. The molecule has 0 aromatic carbocycles. The third-order valence-electron chi connectivity index (χ3n) is 3.77. The number of amides is 1. The Bertz CT molecular complexity index is 611. The zero-order valence-electron chi connectivity index (χ0n) is 12.0. The Hall–Kier alpha value is -2.21. The standard InChI is InChI=1S/C15H18N4O2/c1-21-8-4-13-11-18(10-12-3-2-7-19(12)13)15(20)14-9-16-5-6-17-14/h2-3,5-7,9,13H,4,8,10-11H2,1H3. The molecule has 1 atom stereocenters. The summed E-state index contributed by atoms with van der Waals surface area (Å²) in [6.45, 7) is 1.95. The van der Waals surface area contributed by atoms with Gasteiger partial charge in [0.2, 0.25) is 0 Å². The van der Waals surface area contributed by atoms with Gasteiger partial charge in [0.1, 0.15) is 5.69 Å². The van der Waals surface area contributed by atoms with E-state index in [0.717, 1.165) is 12.1 Å². The van der Waals surface area contributed by atoms with Gasteiger partial charge < -0.3 is 14.2 Å². The van der Waals surface area contributed by atoms with Crippen molar-refractivity contribution in [2.75, 3.05) is 20.3 Å². The number of hydrogen-bond donors (Lipinski definition) is 0. The third-order valence-corrected chi connectivity index (χ3v) is 3.77. The van der Waals surface area contributed by atoms with E-state index in [-0.39, 0.29) is 11.9 Å². The monoisotopic (exact) mass is 286 g/mol. The lowest BCUT2D eigenvalue weighted by Crippen LogP contribution is -2.41. The summed E-state index contributed by atoms with van der Waals surface area (Å²) in [5.74, 6) is -0.0713. The van der Waals surface area contributed by atoms with Crippen LogP contribution in [0.4, 0.5) is 0 Å². The summed E-state index contributed by atoms with van der Waals surface area (Å²) >= 11 is 0. The average molecular weight is 286 g/mol. The number of carbonyl (C=O) groups excluding carboxylic acids is 1. The van der Waals surface area contributed by atoms with Gasteiger partial charge in [0.15, 0.2) is 0 Å². The van der Waals surface area contributed by atoms with E-state index >= 15 is 0 Å². The number of ether oxygens (including phenoxy) is 1. The van der Waals surface area contributed by atoms with Crippen LogP contribution in [0.1, 0.15) is 28.6 Å². The molecule has 3 heterocycles. The first-order valence-electron chi connectivity index (χ1n) is 6.99. The van der Waals surface area contributed by atoms with Crippen molar-refractivity contribution in [3.63, 3.8) is 0 Å². The van der Waals surface area contributed by atoms with E-state index in [1.54, 1.807) is 19.5 Å². The normalized spacial score (nSPS) is 17.6. The molecule has 1 amide bonds. The SMILES string of the molecule is COCCC1CN(C(=O)c2cnccn2)Cc2cccn21. The van der Waals surface area contributed by atoms with E-state index in [2.05, 4.69) is 26.8 Å². The Kier molecular flexibility index (Phi) is 3.96. The second-order valence-electron chi connectivity index (χ2n) is 5.12. The van der Waals surface area contributed by atoms with Crippen molar-refractivity contribution in [2.45, 2.75) is 19.0 Å². The fourth-order valence-corrected chi connectivity index (χ4v) is 2.73. The highest BCUT2D eigenvalue weighted by Crippen LogP contribution is 2.25. The smallest absolute Gasteiger partial charge is 0.274 e. The van der Waals surface area contributed by atoms with Crippen molar-refractivity contribution in [3.05, 3.63) is 48.3 Å². The number of carbonyl (C=O) groups is 1. The van der Waals surface area contributed by atoms with Gasteiger partial charge in [-0.2, -0.15) is 0 Å². The van der Waals surface area contributed by atoms with E-state index in [1.165, 1.54) is 6.20 Å². The number of hydrogen-bond acceptors (Lipinski definition) is 4. The molecule has 6 heteroatoms. The highest BCUT2D eigenvalue weighted by molar-refractivity contribution is 5.92. The molecule has 0 spiro atoms. The maximum atomic E-state index is 12.5. The van der Waals surface area contributed by atoms with Gasteiger partial charge in [-0.3, -0.25) is 9.78 Å². The van der Waals surface area contributed by atoms with E-state index in [0.29, 0.717) is 25.4 Å². The molecule has 0 radical (unpaired) electrons. The number of fused-ring (bicyclic) bond motifs is 1. The molecule has 110 valence electrons. The predicted molar refractivity (Wildman–Crippen MR) is 76.7 cm³/mol. The van der Waals surface area contributed by atoms with Crippen LogP contribution in [0.5, 0.6) is 0 Å². The Morgan fingerprint density at radius 3 is 3.14 bits per heavy atom. The molecule has 2 aromatic heterocycles. The number of nitrogens with zero attached hydrogens (tertiary/aromatic N) is 4. The molecular formula is C15H18N4O2. The first-order chi connectivity index (χ1) is 10.3. The summed E-state index contributed by atoms with van der Waals surface area (Å²) < 4.78 is 7.41. The summed E-state index contributed by atoms with van der Waals surface area (Å²) in [7, 11) is 1.70. The minimum Gasteiger partial charge on any atom is -0.385 e. The van der Waals surface area contributed by atoms with Crippen LogP contribution in [0.2, 0.25) is 0 Å². The molecule has 3 rings (SSSR count). The topological polar surface area (TPSA) is 60.2 Å². The largest absolute Gasteiger partial charge is 0.385 e. The molecule has 6 nitrogen and oxygen atoms in total. The fraction of sp³-hybridized carbons (Fsp3) is 0.400. The molecule has 0 N–H and O–H groups in total. The van der Waals surface area contributed by atoms with Crippen LogP contribution in [0.15, 0.2) is 36.9 Å². The van der Waals surface area contributed by atoms with E-state index in [1.807, 2.05) is 11.0 Å². The van der Waals surface area contributed by atoms with Crippen LogP contribution in [-0.4, -0.2) is 45.6 Å². The number of rotatable bonds is 4. The molecular weight excluding hydrogens is 268 g/mol. The second kappa shape index (κ2) is 6.05. The van der Waals surface area contributed by atoms with Gasteiger partial charge >= 0.3 is 0 Å². The van der Waals surface area contributed by atoms with E-state index in [9.17, 15) is 4.79 Å². The summed E-state index contributed by atoms with van der Waals surface area (Å²) in [5.41, 5.74) is 1.53. The van der Waals surface area contributed by atoms with Crippen LogP contribution >= 0.6 is 0 Å². The van der Waals surface area contributed by atoms with Gasteiger partial charge in [-0.25, -0.2) is 4.98 Å². The molecule has 0 saturated heterocycles. The molecule has 1 aliphatic heterocycles. The summed E-state index contributed by atoms with van der Waals surface area (Å²) in [4.78, 5) is 22.4. The van der Waals surface area contributed by atoms with Crippen LogP contribution < -0.4 is 0 Å². The highest BCUT2D eigenvalue weighted by atomic mass is 16.5. The van der Waals surface area contributed by atoms with Crippen molar-refractivity contribution in [1.82, 2.24) is 19.4 Å². The Labute approximate surface area is 123 Å². The molecule has 21 heavy (non-hydrogen) atoms. The van der Waals surface area contributed by atoms with Gasteiger partial charge in [-0.1, -0.05) is 0 Å². The number of aromatic nitrogens is 3. The van der Waals surface area contributed by atoms with E-state index < -0.39 is 0 Å². The zero-order chi connectivity index (χ0) is 14.7. The van der Waals surface area contributed by atoms with Gasteiger partial charge in [0, 0.05) is 44.5 Å². The van der Waals surface area contributed by atoms with Gasteiger partial charge in [-0.15, -0.1) is 0 Å². The van der Waals surface area contributed by atoms with Crippen molar-refractivity contribution in [1.29, 1.82) is 0 Å². The van der Waals surface area contributed by atoms with Crippen molar-refractivity contribution >= 4 is 5.91 Å². The summed E-state index contributed by atoms with van der Waals surface area (Å²) in [5, 5.41) is 0. The molecule has 1 unspecified atom stereocenters. The maximum Gasteiger partial charge on any atom is 0.274 e. The van der Waals surface area contributed by atoms with Crippen LogP contribution in [0.3, 0.4) is 0 Å². The minimum atomic E-state index is -0.0713. The Balaban J connectivity index is 1.81. The zero-order valence-corrected chi connectivity index (χ0v) is 12.0. The quantitative estimate of drug-likeness (QED) is 0.855. The summed E-state index contributed by atoms with van der Waals surface area (Å²) in [6.07, 6.45) is 7.57. The molecule has 2 aromatic rings. The summed E-state index contributed by atoms with van der Waals surface area (Å²) in [6, 6.07) is 4.31. The van der Waals surface area contributed by atoms with Crippen molar-refractivity contribution in [3.8, 4) is 0 Å². The van der Waals surface area contributed by atoms with Crippen LogP contribution in [0, 0.1) is 0 Å². The molecule has 1 aliphatic rings. The molecule has 0 aliphatic carbocycles. The Morgan fingerprint density at radius 2 is 2.38 bits per heavy atom. The van der Waals surface area contributed by atoms with Crippen LogP contribution in [-0.2, 0) is 11.3 Å². The first-order valence-corrected chi connectivity index (χ1v) is 6.99. The van der Waals surface area contributed by atoms with Crippen molar-refractivity contribution < 1.29 is 9.53 Å². The van der Waals surface area contributed by atoms with Crippen molar-refractivity contribution in [2.24, 2.45) is 0 Å².